The highest BCUT2D eigenvalue weighted by atomic mass is 16.5. The van der Waals surface area contributed by atoms with E-state index in [-0.39, 0.29) is 6.10 Å². The molecule has 1 aliphatic heterocycles. The summed E-state index contributed by atoms with van der Waals surface area (Å²) in [5.74, 6) is 1.64. The molecule has 1 atom stereocenters. The third-order valence-electron chi connectivity index (χ3n) is 3.07. The quantitative estimate of drug-likeness (QED) is 0.833. The fourth-order valence-corrected chi connectivity index (χ4v) is 2.11. The van der Waals surface area contributed by atoms with Crippen molar-refractivity contribution in [1.29, 1.82) is 0 Å². The summed E-state index contributed by atoms with van der Waals surface area (Å²) in [5.41, 5.74) is 0. The van der Waals surface area contributed by atoms with Crippen molar-refractivity contribution in [1.82, 2.24) is 9.97 Å². The monoisotopic (exact) mass is 266 g/mol. The second-order valence-electron chi connectivity index (χ2n) is 4.49. The maximum atomic E-state index is 5.72. The number of rotatable bonds is 6. The number of anilines is 2. The largest absolute Gasteiger partial charge is 0.385 e. The van der Waals surface area contributed by atoms with Gasteiger partial charge in [0.2, 0.25) is 5.95 Å². The summed E-state index contributed by atoms with van der Waals surface area (Å²) >= 11 is 0. The molecule has 0 spiro atoms. The van der Waals surface area contributed by atoms with E-state index < -0.39 is 0 Å². The summed E-state index contributed by atoms with van der Waals surface area (Å²) in [6.45, 7) is 5.99. The van der Waals surface area contributed by atoms with Crippen molar-refractivity contribution >= 4 is 11.8 Å². The van der Waals surface area contributed by atoms with E-state index in [1.165, 1.54) is 0 Å². The topological polar surface area (TPSA) is 59.5 Å². The molecule has 0 aromatic carbocycles. The average Bonchev–Trinajstić information content (AvgIpc) is 2.46. The van der Waals surface area contributed by atoms with Crippen LogP contribution in [0.5, 0.6) is 0 Å². The van der Waals surface area contributed by atoms with Crippen molar-refractivity contribution in [2.75, 3.05) is 50.2 Å². The molecule has 6 nitrogen and oxygen atoms in total. The van der Waals surface area contributed by atoms with Crippen molar-refractivity contribution in [3.8, 4) is 0 Å². The van der Waals surface area contributed by atoms with Crippen LogP contribution in [0, 0.1) is 0 Å². The molecule has 2 rings (SSSR count). The van der Waals surface area contributed by atoms with E-state index in [0.717, 1.165) is 44.4 Å². The third kappa shape index (κ3) is 4.04. The highest BCUT2D eigenvalue weighted by Gasteiger charge is 2.22. The summed E-state index contributed by atoms with van der Waals surface area (Å²) in [7, 11) is 1.71. The molecule has 1 saturated heterocycles. The number of morpholine rings is 1. The zero-order valence-electron chi connectivity index (χ0n) is 11.6. The molecular weight excluding hydrogens is 244 g/mol. The van der Waals surface area contributed by atoms with Crippen LogP contribution < -0.4 is 10.2 Å². The van der Waals surface area contributed by atoms with Gasteiger partial charge < -0.3 is 19.7 Å². The van der Waals surface area contributed by atoms with Crippen molar-refractivity contribution < 1.29 is 9.47 Å². The molecule has 2 heterocycles. The summed E-state index contributed by atoms with van der Waals surface area (Å²) in [6.07, 6.45) is 2.89. The van der Waals surface area contributed by atoms with Gasteiger partial charge in [0, 0.05) is 39.5 Å². The van der Waals surface area contributed by atoms with E-state index in [1.54, 1.807) is 13.3 Å². The fourth-order valence-electron chi connectivity index (χ4n) is 2.11. The van der Waals surface area contributed by atoms with Gasteiger partial charge in [-0.15, -0.1) is 0 Å². The predicted molar refractivity (Wildman–Crippen MR) is 74.6 cm³/mol. The predicted octanol–water partition coefficient (Wildman–Crippen LogP) is 1.15. The van der Waals surface area contributed by atoms with Gasteiger partial charge in [-0.1, -0.05) is 0 Å². The van der Waals surface area contributed by atoms with Crippen LogP contribution >= 0.6 is 0 Å². The van der Waals surface area contributed by atoms with Crippen molar-refractivity contribution in [3.05, 3.63) is 12.3 Å². The number of methoxy groups -OCH3 is 1. The van der Waals surface area contributed by atoms with Gasteiger partial charge in [-0.05, 0) is 19.4 Å². The normalized spacial score (nSPS) is 19.5. The molecule has 0 bridgehead atoms. The molecule has 1 aromatic heterocycles. The molecule has 0 amide bonds. The second-order valence-corrected chi connectivity index (χ2v) is 4.49. The maximum Gasteiger partial charge on any atom is 0.227 e. The molecule has 1 aliphatic rings. The summed E-state index contributed by atoms with van der Waals surface area (Å²) in [4.78, 5) is 11.0. The molecular formula is C13H22N4O2. The lowest BCUT2D eigenvalue weighted by atomic mass is 10.2. The standard InChI is InChI=1S/C13H22N4O2/c1-3-14-12-4-6-15-13(16-12)17-7-9-19-11(10-17)5-8-18-2/h4,6,11H,3,5,7-10H2,1-2H3,(H,14,15,16)/t11-/m0/s1. The first-order chi connectivity index (χ1) is 9.33. The van der Waals surface area contributed by atoms with Crippen LogP contribution in [0.2, 0.25) is 0 Å². The van der Waals surface area contributed by atoms with Gasteiger partial charge in [-0.3, -0.25) is 0 Å². The lowest BCUT2D eigenvalue weighted by Gasteiger charge is -2.33. The van der Waals surface area contributed by atoms with E-state index in [0.29, 0.717) is 6.61 Å². The lowest BCUT2D eigenvalue weighted by molar-refractivity contribution is 0.0187. The molecule has 1 fully saturated rings. The Labute approximate surface area is 114 Å². The third-order valence-corrected chi connectivity index (χ3v) is 3.07. The minimum atomic E-state index is 0.195. The van der Waals surface area contributed by atoms with E-state index >= 15 is 0 Å². The molecule has 1 N–H and O–H groups in total. The van der Waals surface area contributed by atoms with Crippen LogP contribution in [0.4, 0.5) is 11.8 Å². The maximum absolute atomic E-state index is 5.72. The molecule has 1 aromatic rings. The summed E-state index contributed by atoms with van der Waals surface area (Å²) < 4.78 is 10.8. The Bertz CT molecular complexity index is 389. The highest BCUT2D eigenvalue weighted by Crippen LogP contribution is 2.16. The van der Waals surface area contributed by atoms with Crippen molar-refractivity contribution in [3.63, 3.8) is 0 Å². The number of hydrogen-bond acceptors (Lipinski definition) is 6. The van der Waals surface area contributed by atoms with E-state index in [4.69, 9.17) is 9.47 Å². The Morgan fingerprint density at radius 3 is 3.26 bits per heavy atom. The average molecular weight is 266 g/mol. The van der Waals surface area contributed by atoms with Crippen LogP contribution in [-0.4, -0.2) is 56.0 Å². The number of hydrogen-bond donors (Lipinski definition) is 1. The summed E-state index contributed by atoms with van der Waals surface area (Å²) in [6, 6.07) is 1.88. The van der Waals surface area contributed by atoms with Gasteiger partial charge >= 0.3 is 0 Å². The van der Waals surface area contributed by atoms with Gasteiger partial charge in [-0.25, -0.2) is 4.98 Å². The Hall–Kier alpha value is -1.40. The van der Waals surface area contributed by atoms with Crippen molar-refractivity contribution in [2.45, 2.75) is 19.4 Å². The minimum absolute atomic E-state index is 0.195. The van der Waals surface area contributed by atoms with E-state index in [9.17, 15) is 0 Å². The number of ether oxygens (including phenoxy) is 2. The summed E-state index contributed by atoms with van der Waals surface area (Å²) in [5, 5.41) is 3.20. The number of aromatic nitrogens is 2. The van der Waals surface area contributed by atoms with Gasteiger partial charge in [0.15, 0.2) is 0 Å². The van der Waals surface area contributed by atoms with Crippen molar-refractivity contribution in [2.24, 2.45) is 0 Å². The SMILES string of the molecule is CCNc1ccnc(N2CCO[C@@H](CCOC)C2)n1. The smallest absolute Gasteiger partial charge is 0.227 e. The first kappa shape index (κ1) is 14.0. The second kappa shape index (κ2) is 7.25. The molecule has 0 saturated carbocycles. The highest BCUT2D eigenvalue weighted by molar-refractivity contribution is 5.41. The van der Waals surface area contributed by atoms with Gasteiger partial charge in [0.25, 0.3) is 0 Å². The van der Waals surface area contributed by atoms with Crippen LogP contribution in [0.1, 0.15) is 13.3 Å². The van der Waals surface area contributed by atoms with Crippen LogP contribution in [0.3, 0.4) is 0 Å². The van der Waals surface area contributed by atoms with E-state index in [1.807, 2.05) is 6.07 Å². The first-order valence-corrected chi connectivity index (χ1v) is 6.76. The molecule has 19 heavy (non-hydrogen) atoms. The number of nitrogens with zero attached hydrogens (tertiary/aromatic N) is 3. The van der Waals surface area contributed by atoms with Crippen LogP contribution in [0.25, 0.3) is 0 Å². The van der Waals surface area contributed by atoms with Gasteiger partial charge in [0.1, 0.15) is 5.82 Å². The Kier molecular flexibility index (Phi) is 5.35. The number of nitrogens with one attached hydrogen (secondary N) is 1. The fraction of sp³-hybridized carbons (Fsp3) is 0.692. The van der Waals surface area contributed by atoms with Crippen LogP contribution in [0.15, 0.2) is 12.3 Å². The van der Waals surface area contributed by atoms with Gasteiger partial charge in [-0.2, -0.15) is 4.98 Å². The molecule has 106 valence electrons. The lowest BCUT2D eigenvalue weighted by Crippen LogP contribution is -2.43. The van der Waals surface area contributed by atoms with Gasteiger partial charge in [0.05, 0.1) is 12.7 Å². The Balaban J connectivity index is 1.98. The minimum Gasteiger partial charge on any atom is -0.385 e. The first-order valence-electron chi connectivity index (χ1n) is 6.76. The van der Waals surface area contributed by atoms with E-state index in [2.05, 4.69) is 27.1 Å². The zero-order valence-corrected chi connectivity index (χ0v) is 11.6. The van der Waals surface area contributed by atoms with Crippen LogP contribution in [-0.2, 0) is 9.47 Å². The Morgan fingerprint density at radius 2 is 2.47 bits per heavy atom. The molecule has 0 unspecified atom stereocenters. The zero-order chi connectivity index (χ0) is 13.5. The molecule has 6 heteroatoms. The Morgan fingerprint density at radius 1 is 1.58 bits per heavy atom. The molecule has 0 aliphatic carbocycles. The molecule has 0 radical (unpaired) electrons.